The number of benzene rings is 1. The van der Waals surface area contributed by atoms with Crippen molar-refractivity contribution in [3.63, 3.8) is 0 Å². The summed E-state index contributed by atoms with van der Waals surface area (Å²) in [7, 11) is 0. The highest BCUT2D eigenvalue weighted by atomic mass is 16.5. The van der Waals surface area contributed by atoms with Crippen LogP contribution in [0.5, 0.6) is 0 Å². The third-order valence-electron chi connectivity index (χ3n) is 5.14. The SMILES string of the molecule is O=C(NC[C@H]1CCCCO1)c1ccc(-c2cc(C(=O)NC3CC3)ccn2)cc1. The zero-order valence-corrected chi connectivity index (χ0v) is 15.8. The second-order valence-electron chi connectivity index (χ2n) is 7.45. The summed E-state index contributed by atoms with van der Waals surface area (Å²) < 4.78 is 5.64. The molecular weight excluding hydrogens is 354 g/mol. The van der Waals surface area contributed by atoms with E-state index >= 15 is 0 Å². The number of carbonyl (C=O) groups is 2. The standard InChI is InChI=1S/C22H25N3O3/c26-21(24-14-19-3-1-2-12-28-19)16-6-4-15(5-7-16)20-13-17(10-11-23-20)22(27)25-18-8-9-18/h4-7,10-11,13,18-19H,1-3,8-9,12,14H2,(H,24,26)(H,25,27)/t19-/m1/s1. The number of amides is 2. The van der Waals surface area contributed by atoms with Crippen molar-refractivity contribution in [1.82, 2.24) is 15.6 Å². The van der Waals surface area contributed by atoms with Crippen molar-refractivity contribution in [2.24, 2.45) is 0 Å². The van der Waals surface area contributed by atoms with Crippen LogP contribution in [0.3, 0.4) is 0 Å². The Morgan fingerprint density at radius 3 is 2.54 bits per heavy atom. The van der Waals surface area contributed by atoms with Gasteiger partial charge < -0.3 is 15.4 Å². The maximum atomic E-state index is 12.4. The van der Waals surface area contributed by atoms with E-state index in [2.05, 4.69) is 15.6 Å². The molecule has 1 saturated carbocycles. The van der Waals surface area contributed by atoms with Gasteiger partial charge in [-0.2, -0.15) is 0 Å². The van der Waals surface area contributed by atoms with E-state index in [4.69, 9.17) is 4.74 Å². The summed E-state index contributed by atoms with van der Waals surface area (Å²) in [5, 5.41) is 5.93. The molecule has 2 N–H and O–H groups in total. The molecule has 28 heavy (non-hydrogen) atoms. The molecule has 0 bridgehead atoms. The Bertz CT molecular complexity index is 840. The molecule has 1 aliphatic carbocycles. The Kier molecular flexibility index (Phi) is 5.67. The fourth-order valence-corrected chi connectivity index (χ4v) is 3.30. The topological polar surface area (TPSA) is 80.3 Å². The predicted molar refractivity (Wildman–Crippen MR) is 106 cm³/mol. The fraction of sp³-hybridized carbons (Fsp3) is 0.409. The minimum absolute atomic E-state index is 0.0629. The van der Waals surface area contributed by atoms with Crippen LogP contribution >= 0.6 is 0 Å². The van der Waals surface area contributed by atoms with E-state index in [0.717, 1.165) is 44.3 Å². The van der Waals surface area contributed by atoms with Crippen molar-refractivity contribution in [2.45, 2.75) is 44.2 Å². The fourth-order valence-electron chi connectivity index (χ4n) is 3.30. The van der Waals surface area contributed by atoms with Gasteiger partial charge in [0, 0.05) is 42.1 Å². The molecule has 1 saturated heterocycles. The Balaban J connectivity index is 1.38. The molecule has 1 aliphatic heterocycles. The number of nitrogens with one attached hydrogen (secondary N) is 2. The maximum absolute atomic E-state index is 12.4. The smallest absolute Gasteiger partial charge is 0.251 e. The van der Waals surface area contributed by atoms with Gasteiger partial charge in [-0.15, -0.1) is 0 Å². The molecule has 1 atom stereocenters. The summed E-state index contributed by atoms with van der Waals surface area (Å²) in [4.78, 5) is 28.9. The highest BCUT2D eigenvalue weighted by Gasteiger charge is 2.24. The lowest BCUT2D eigenvalue weighted by Crippen LogP contribution is -2.35. The quantitative estimate of drug-likeness (QED) is 0.809. The zero-order chi connectivity index (χ0) is 19.3. The summed E-state index contributed by atoms with van der Waals surface area (Å²) in [5.74, 6) is -0.168. The molecular formula is C22H25N3O3. The number of carbonyl (C=O) groups excluding carboxylic acids is 2. The lowest BCUT2D eigenvalue weighted by molar-refractivity contribution is 0.0169. The minimum atomic E-state index is -0.105. The summed E-state index contributed by atoms with van der Waals surface area (Å²) in [6, 6.07) is 11.1. The second kappa shape index (κ2) is 8.52. The summed E-state index contributed by atoms with van der Waals surface area (Å²) in [5.41, 5.74) is 2.78. The van der Waals surface area contributed by atoms with E-state index in [-0.39, 0.29) is 17.9 Å². The number of aromatic nitrogens is 1. The van der Waals surface area contributed by atoms with Crippen molar-refractivity contribution in [1.29, 1.82) is 0 Å². The van der Waals surface area contributed by atoms with Gasteiger partial charge in [0.25, 0.3) is 11.8 Å². The Morgan fingerprint density at radius 1 is 1.00 bits per heavy atom. The molecule has 0 unspecified atom stereocenters. The Labute approximate surface area is 164 Å². The van der Waals surface area contributed by atoms with E-state index in [1.54, 1.807) is 30.5 Å². The number of hydrogen-bond acceptors (Lipinski definition) is 4. The van der Waals surface area contributed by atoms with Gasteiger partial charge in [-0.1, -0.05) is 12.1 Å². The first-order valence-corrected chi connectivity index (χ1v) is 9.96. The van der Waals surface area contributed by atoms with Crippen molar-refractivity contribution >= 4 is 11.8 Å². The van der Waals surface area contributed by atoms with Gasteiger partial charge in [-0.3, -0.25) is 14.6 Å². The van der Waals surface area contributed by atoms with Crippen LogP contribution in [-0.4, -0.2) is 42.1 Å². The molecule has 6 heteroatoms. The van der Waals surface area contributed by atoms with E-state index in [1.807, 2.05) is 12.1 Å². The van der Waals surface area contributed by atoms with Crippen molar-refractivity contribution in [2.75, 3.05) is 13.2 Å². The van der Waals surface area contributed by atoms with Crippen LogP contribution in [0, 0.1) is 0 Å². The second-order valence-corrected chi connectivity index (χ2v) is 7.45. The molecule has 6 nitrogen and oxygen atoms in total. The lowest BCUT2D eigenvalue weighted by Gasteiger charge is -2.22. The normalized spacial score (nSPS) is 19.1. The highest BCUT2D eigenvalue weighted by Crippen LogP contribution is 2.21. The molecule has 4 rings (SSSR count). The molecule has 2 amide bonds. The molecule has 2 fully saturated rings. The number of pyridine rings is 1. The van der Waals surface area contributed by atoms with Crippen molar-refractivity contribution in [3.05, 3.63) is 53.7 Å². The van der Waals surface area contributed by atoms with Crippen LogP contribution in [0.15, 0.2) is 42.6 Å². The van der Waals surface area contributed by atoms with Gasteiger partial charge in [0.05, 0.1) is 11.8 Å². The van der Waals surface area contributed by atoms with Crippen molar-refractivity contribution < 1.29 is 14.3 Å². The van der Waals surface area contributed by atoms with Crippen LogP contribution in [0.25, 0.3) is 11.3 Å². The molecule has 0 spiro atoms. The predicted octanol–water partition coefficient (Wildman–Crippen LogP) is 2.94. The van der Waals surface area contributed by atoms with Crippen LogP contribution in [0.2, 0.25) is 0 Å². The van der Waals surface area contributed by atoms with Gasteiger partial charge in [-0.25, -0.2) is 0 Å². The minimum Gasteiger partial charge on any atom is -0.376 e. The third-order valence-corrected chi connectivity index (χ3v) is 5.14. The lowest BCUT2D eigenvalue weighted by atomic mass is 10.1. The number of hydrogen-bond donors (Lipinski definition) is 2. The monoisotopic (exact) mass is 379 g/mol. The molecule has 0 radical (unpaired) electrons. The summed E-state index contributed by atoms with van der Waals surface area (Å²) >= 11 is 0. The Hall–Kier alpha value is -2.73. The molecule has 2 aliphatic rings. The van der Waals surface area contributed by atoms with E-state index in [1.165, 1.54) is 0 Å². The van der Waals surface area contributed by atoms with Gasteiger partial charge in [0.1, 0.15) is 0 Å². The average Bonchev–Trinajstić information content (AvgIpc) is 3.57. The molecule has 2 aromatic rings. The zero-order valence-electron chi connectivity index (χ0n) is 15.8. The first kappa shape index (κ1) is 18.6. The van der Waals surface area contributed by atoms with Gasteiger partial charge in [-0.05, 0) is 56.4 Å². The van der Waals surface area contributed by atoms with Crippen LogP contribution in [0.4, 0.5) is 0 Å². The van der Waals surface area contributed by atoms with Crippen molar-refractivity contribution in [3.8, 4) is 11.3 Å². The first-order valence-electron chi connectivity index (χ1n) is 9.96. The van der Waals surface area contributed by atoms with E-state index in [9.17, 15) is 9.59 Å². The number of ether oxygens (including phenoxy) is 1. The van der Waals surface area contributed by atoms with Gasteiger partial charge >= 0.3 is 0 Å². The Morgan fingerprint density at radius 2 is 1.82 bits per heavy atom. The van der Waals surface area contributed by atoms with E-state index in [0.29, 0.717) is 29.4 Å². The van der Waals surface area contributed by atoms with Gasteiger partial charge in [0.15, 0.2) is 0 Å². The highest BCUT2D eigenvalue weighted by molar-refractivity contribution is 5.96. The van der Waals surface area contributed by atoms with Crippen LogP contribution in [0.1, 0.15) is 52.8 Å². The first-order chi connectivity index (χ1) is 13.7. The van der Waals surface area contributed by atoms with Crippen LogP contribution in [-0.2, 0) is 4.74 Å². The average molecular weight is 379 g/mol. The molecule has 2 heterocycles. The van der Waals surface area contributed by atoms with Gasteiger partial charge in [0.2, 0.25) is 0 Å². The molecule has 1 aromatic carbocycles. The third kappa shape index (κ3) is 4.75. The largest absolute Gasteiger partial charge is 0.376 e. The molecule has 146 valence electrons. The molecule has 1 aromatic heterocycles. The maximum Gasteiger partial charge on any atom is 0.251 e. The van der Waals surface area contributed by atoms with E-state index < -0.39 is 0 Å². The number of rotatable bonds is 6. The van der Waals surface area contributed by atoms with Crippen LogP contribution < -0.4 is 10.6 Å². The summed E-state index contributed by atoms with van der Waals surface area (Å²) in [6.07, 6.45) is 7.12. The number of nitrogens with zero attached hydrogens (tertiary/aromatic N) is 1. The summed E-state index contributed by atoms with van der Waals surface area (Å²) in [6.45, 7) is 1.32.